The van der Waals surface area contributed by atoms with Gasteiger partial charge in [-0.15, -0.1) is 11.3 Å². The summed E-state index contributed by atoms with van der Waals surface area (Å²) in [5, 5.41) is 2.15. The van der Waals surface area contributed by atoms with Crippen LogP contribution < -0.4 is 5.56 Å². The lowest BCUT2D eigenvalue weighted by atomic mass is 9.90. The molecule has 4 aromatic heterocycles. The zero-order valence-corrected chi connectivity index (χ0v) is 26.0. The van der Waals surface area contributed by atoms with Crippen LogP contribution in [-0.4, -0.2) is 30.9 Å². The van der Waals surface area contributed by atoms with Crippen molar-refractivity contribution in [3.8, 4) is 27.5 Å². The fraction of sp³-hybridized carbons (Fsp3) is 0.206. The number of ketones is 1. The zero-order chi connectivity index (χ0) is 30.5. The highest BCUT2D eigenvalue weighted by Gasteiger charge is 2.30. The maximum atomic E-state index is 13.2. The van der Waals surface area contributed by atoms with Gasteiger partial charge in [0.05, 0.1) is 15.8 Å². The van der Waals surface area contributed by atoms with Gasteiger partial charge in [-0.1, -0.05) is 29.8 Å². The minimum absolute atomic E-state index is 0.0774. The summed E-state index contributed by atoms with van der Waals surface area (Å²) in [6.45, 7) is 9.39. The quantitative estimate of drug-likeness (QED) is 0.190. The van der Waals surface area contributed by atoms with Crippen LogP contribution in [0.3, 0.4) is 0 Å². The van der Waals surface area contributed by atoms with E-state index in [0.29, 0.717) is 16.4 Å². The Kier molecular flexibility index (Phi) is 7.46. The molecule has 0 aliphatic carbocycles. The second kappa shape index (κ2) is 11.1. The normalized spacial score (nSPS) is 12.6. The van der Waals surface area contributed by atoms with Crippen LogP contribution in [-0.2, 0) is 9.53 Å². The van der Waals surface area contributed by atoms with E-state index in [-0.39, 0.29) is 11.3 Å². The van der Waals surface area contributed by atoms with Crippen molar-refractivity contribution in [3.63, 3.8) is 0 Å². The molecule has 216 valence electrons. The highest BCUT2D eigenvalue weighted by molar-refractivity contribution is 7.22. The van der Waals surface area contributed by atoms with Gasteiger partial charge in [-0.3, -0.25) is 19.1 Å². The lowest BCUT2D eigenvalue weighted by molar-refractivity contribution is -0.138. The minimum atomic E-state index is -0.762. The second-order valence-electron chi connectivity index (χ2n) is 11.4. The molecule has 43 heavy (non-hydrogen) atoms. The van der Waals surface area contributed by atoms with E-state index < -0.39 is 11.7 Å². The van der Waals surface area contributed by atoms with E-state index in [1.807, 2.05) is 82.3 Å². The average Bonchev–Trinajstić information content (AvgIpc) is 3.39. The molecular formula is C34H29ClN4O3S. The number of aromatic nitrogens is 4. The molecule has 0 saturated heterocycles. The molecule has 0 fully saturated rings. The Hall–Kier alpha value is -4.24. The van der Waals surface area contributed by atoms with Crippen molar-refractivity contribution in [1.82, 2.24) is 19.5 Å². The summed E-state index contributed by atoms with van der Waals surface area (Å²) >= 11 is 7.78. The summed E-state index contributed by atoms with van der Waals surface area (Å²) in [6, 6.07) is 18.8. The molecule has 9 heteroatoms. The van der Waals surface area contributed by atoms with Gasteiger partial charge in [0, 0.05) is 45.7 Å². The molecule has 6 rings (SSSR count). The Morgan fingerprint density at radius 3 is 2.49 bits per heavy atom. The molecule has 7 nitrogen and oxygen atoms in total. The fourth-order valence-corrected chi connectivity index (χ4v) is 6.45. The van der Waals surface area contributed by atoms with Crippen molar-refractivity contribution in [2.75, 3.05) is 0 Å². The molecule has 1 atom stereocenters. The van der Waals surface area contributed by atoms with Gasteiger partial charge in [0.15, 0.2) is 5.78 Å². The number of nitrogens with zero attached hydrogens (tertiary/aromatic N) is 4. The minimum Gasteiger partial charge on any atom is -0.360 e. The molecule has 0 unspecified atom stereocenters. The summed E-state index contributed by atoms with van der Waals surface area (Å²) < 4.78 is 8.78. The Morgan fingerprint density at radius 1 is 1.00 bits per heavy atom. The number of aryl methyl sites for hydroxylation is 1. The van der Waals surface area contributed by atoms with Crippen molar-refractivity contribution in [1.29, 1.82) is 0 Å². The lowest BCUT2D eigenvalue weighted by Crippen LogP contribution is -2.27. The molecular weight excluding hydrogens is 580 g/mol. The monoisotopic (exact) mass is 608 g/mol. The third kappa shape index (κ3) is 5.61. The van der Waals surface area contributed by atoms with Crippen LogP contribution in [0.1, 0.15) is 44.9 Å². The number of thiazole rings is 1. The van der Waals surface area contributed by atoms with Gasteiger partial charge in [0.25, 0.3) is 5.56 Å². The Bertz CT molecular complexity index is 2080. The van der Waals surface area contributed by atoms with E-state index in [1.54, 1.807) is 31.6 Å². The van der Waals surface area contributed by atoms with Crippen LogP contribution in [0.25, 0.3) is 48.6 Å². The van der Waals surface area contributed by atoms with Gasteiger partial charge >= 0.3 is 0 Å². The van der Waals surface area contributed by atoms with Crippen molar-refractivity contribution in [2.24, 2.45) is 0 Å². The van der Waals surface area contributed by atoms with Crippen LogP contribution in [0.2, 0.25) is 5.02 Å². The van der Waals surface area contributed by atoms with E-state index in [9.17, 15) is 9.59 Å². The van der Waals surface area contributed by atoms with Crippen molar-refractivity contribution < 1.29 is 9.53 Å². The van der Waals surface area contributed by atoms with Gasteiger partial charge in [-0.05, 0) is 88.2 Å². The van der Waals surface area contributed by atoms with Crippen LogP contribution >= 0.6 is 22.9 Å². The van der Waals surface area contributed by atoms with Crippen molar-refractivity contribution in [2.45, 2.75) is 46.3 Å². The molecule has 0 radical (unpaired) electrons. The van der Waals surface area contributed by atoms with Crippen LogP contribution in [0.5, 0.6) is 0 Å². The number of halogens is 1. The predicted octanol–water partition coefficient (Wildman–Crippen LogP) is 8.13. The lowest BCUT2D eigenvalue weighted by Gasteiger charge is -2.29. The second-order valence-corrected chi connectivity index (χ2v) is 12.8. The largest absolute Gasteiger partial charge is 0.360 e. The Labute approximate surface area is 257 Å². The number of fused-ring (bicyclic) bond motifs is 2. The maximum Gasteiger partial charge on any atom is 0.282 e. The number of Topliss-reactive ketones (excluding diaryl/α,β-unsaturated/α-hetero) is 1. The topological polar surface area (TPSA) is 87.0 Å². The average molecular weight is 609 g/mol. The Balaban J connectivity index is 1.55. The summed E-state index contributed by atoms with van der Waals surface area (Å²) in [5.41, 5.74) is 4.74. The van der Waals surface area contributed by atoms with Gasteiger partial charge in [0.1, 0.15) is 22.4 Å². The number of ether oxygens (including phenoxy) is 1. The first-order valence-electron chi connectivity index (χ1n) is 13.8. The smallest absolute Gasteiger partial charge is 0.282 e. The number of hydrogen-bond acceptors (Lipinski definition) is 7. The molecule has 2 aromatic carbocycles. The third-order valence-corrected chi connectivity index (χ3v) is 8.46. The summed E-state index contributed by atoms with van der Waals surface area (Å²) in [6.07, 6.45) is 4.23. The number of pyridine rings is 3. The van der Waals surface area contributed by atoms with E-state index in [2.05, 4.69) is 9.97 Å². The molecule has 0 saturated carbocycles. The highest BCUT2D eigenvalue weighted by atomic mass is 35.5. The van der Waals surface area contributed by atoms with Crippen molar-refractivity contribution >= 4 is 49.8 Å². The molecule has 0 bridgehead atoms. The summed E-state index contributed by atoms with van der Waals surface area (Å²) in [7, 11) is 0. The predicted molar refractivity (Wildman–Crippen MR) is 173 cm³/mol. The SMILES string of the molecule is CC(=O)[C@@H](OC(C)(C)C)c1c(C)cc2nc(-c3ccnc(-n4ccc5cccnc5c4=O)c3)sc2c1-c1ccc(Cl)cc1. The zero-order valence-electron chi connectivity index (χ0n) is 24.4. The molecule has 0 amide bonds. The first-order chi connectivity index (χ1) is 20.5. The van der Waals surface area contributed by atoms with Gasteiger partial charge in [0.2, 0.25) is 0 Å². The first kappa shape index (κ1) is 28.9. The molecule has 0 spiro atoms. The molecule has 0 aliphatic heterocycles. The number of hydrogen-bond donors (Lipinski definition) is 0. The molecule has 4 heterocycles. The van der Waals surface area contributed by atoms with Crippen LogP contribution in [0, 0.1) is 6.92 Å². The molecule has 6 aromatic rings. The van der Waals surface area contributed by atoms with Crippen molar-refractivity contribution in [3.05, 3.63) is 106 Å². The summed E-state index contributed by atoms with van der Waals surface area (Å²) in [5.74, 6) is 0.394. The number of benzene rings is 2. The maximum absolute atomic E-state index is 13.2. The summed E-state index contributed by atoms with van der Waals surface area (Å²) in [4.78, 5) is 40.1. The third-order valence-electron chi connectivity index (χ3n) is 7.07. The number of rotatable bonds is 6. The van der Waals surface area contributed by atoms with E-state index >= 15 is 0 Å². The highest BCUT2D eigenvalue weighted by Crippen LogP contribution is 2.44. The van der Waals surface area contributed by atoms with Gasteiger partial charge < -0.3 is 4.74 Å². The Morgan fingerprint density at radius 2 is 1.77 bits per heavy atom. The first-order valence-corrected chi connectivity index (χ1v) is 15.0. The van der Waals surface area contributed by atoms with Crippen LogP contribution in [0.4, 0.5) is 0 Å². The fourth-order valence-electron chi connectivity index (χ4n) is 5.21. The standard InChI is InChI=1S/C34H29ClN4O3S/c1-19-17-25-31(28(21-8-10-24(35)11-9-21)27(19)30(20(2)40)42-34(3,4)5)43-32(38-25)23-12-15-36-26(18-23)39-16-13-22-7-6-14-37-29(22)33(39)41/h6-18,30H,1-5H3/t30-/m1/s1. The van der Waals surface area contributed by atoms with E-state index in [1.165, 1.54) is 15.9 Å². The molecule has 0 aliphatic rings. The van der Waals surface area contributed by atoms with Crippen LogP contribution in [0.15, 0.2) is 84.0 Å². The van der Waals surface area contributed by atoms with E-state index in [0.717, 1.165) is 48.4 Å². The number of carbonyl (C=O) groups is 1. The van der Waals surface area contributed by atoms with Gasteiger partial charge in [-0.25, -0.2) is 9.97 Å². The number of carbonyl (C=O) groups excluding carboxylic acids is 1. The molecule has 0 N–H and O–H groups in total. The van der Waals surface area contributed by atoms with E-state index in [4.69, 9.17) is 21.3 Å². The van der Waals surface area contributed by atoms with Gasteiger partial charge in [-0.2, -0.15) is 0 Å².